The van der Waals surface area contributed by atoms with Crippen molar-refractivity contribution in [3.63, 3.8) is 0 Å². The molecule has 0 bridgehead atoms. The number of carbonyl (C=O) groups excluding carboxylic acids is 1. The number of hydrogen-bond acceptors (Lipinski definition) is 4. The Bertz CT molecular complexity index is 477. The highest BCUT2D eigenvalue weighted by atomic mass is 16.5. The van der Waals surface area contributed by atoms with Gasteiger partial charge in [0.2, 0.25) is 0 Å². The quantitative estimate of drug-likeness (QED) is 0.294. The second kappa shape index (κ2) is 8.84. The van der Waals surface area contributed by atoms with Crippen molar-refractivity contribution >= 4 is 11.9 Å². The highest BCUT2D eigenvalue weighted by molar-refractivity contribution is 5.92. The number of aromatic hydroxyl groups is 1. The molecule has 0 heterocycles. The van der Waals surface area contributed by atoms with E-state index in [0.717, 1.165) is 32.2 Å². The van der Waals surface area contributed by atoms with Crippen molar-refractivity contribution in [3.05, 3.63) is 29.8 Å². The third kappa shape index (κ3) is 6.16. The summed E-state index contributed by atoms with van der Waals surface area (Å²) < 4.78 is 5.11. The van der Waals surface area contributed by atoms with Crippen molar-refractivity contribution in [2.45, 2.75) is 25.7 Å². The highest BCUT2D eigenvalue weighted by Crippen LogP contribution is 2.16. The van der Waals surface area contributed by atoms with Gasteiger partial charge >= 0.3 is 5.97 Å². The summed E-state index contributed by atoms with van der Waals surface area (Å²) in [6.07, 6.45) is 3.66. The van der Waals surface area contributed by atoms with Gasteiger partial charge in [0.15, 0.2) is 5.96 Å². The monoisotopic (exact) mass is 293 g/mol. The van der Waals surface area contributed by atoms with Crippen LogP contribution in [0.15, 0.2) is 24.3 Å². The molecule has 21 heavy (non-hydrogen) atoms. The Kier molecular flexibility index (Phi) is 7.08. The number of nitrogens with one attached hydrogen (secondary N) is 1. The van der Waals surface area contributed by atoms with E-state index in [9.17, 15) is 9.90 Å². The van der Waals surface area contributed by atoms with E-state index in [4.69, 9.17) is 15.9 Å². The lowest BCUT2D eigenvalue weighted by Gasteiger charge is -2.15. The number of nitrogens with two attached hydrogens (primary N) is 1. The molecule has 0 aliphatic heterocycles. The molecular formula is C15H23N3O3. The molecule has 6 heteroatoms. The number of esters is 1. The maximum absolute atomic E-state index is 11.7. The summed E-state index contributed by atoms with van der Waals surface area (Å²) in [6, 6.07) is 6.34. The number of para-hydroxylation sites is 1. The molecule has 0 saturated heterocycles. The van der Waals surface area contributed by atoms with Crippen molar-refractivity contribution in [2.24, 2.45) is 5.73 Å². The molecule has 4 N–H and O–H groups in total. The molecule has 1 aromatic rings. The number of nitrogens with zero attached hydrogens (tertiary/aromatic N) is 1. The van der Waals surface area contributed by atoms with E-state index >= 15 is 0 Å². The molecule has 0 radical (unpaired) electrons. The Morgan fingerprint density at radius 2 is 1.95 bits per heavy atom. The molecule has 0 fully saturated rings. The van der Waals surface area contributed by atoms with Gasteiger partial charge in [0, 0.05) is 13.6 Å². The van der Waals surface area contributed by atoms with E-state index in [1.807, 2.05) is 0 Å². The van der Waals surface area contributed by atoms with Gasteiger partial charge < -0.3 is 20.5 Å². The SMILES string of the molecule is CN(CCCCCCOC(=O)c1ccccc1O)C(=N)N. The fourth-order valence-electron chi connectivity index (χ4n) is 1.81. The van der Waals surface area contributed by atoms with Gasteiger partial charge in [0.25, 0.3) is 0 Å². The number of hydrogen-bond donors (Lipinski definition) is 3. The number of rotatable bonds is 8. The standard InChI is InChI=1S/C15H23N3O3/c1-18(15(16)17)10-6-2-3-7-11-21-14(20)12-8-4-5-9-13(12)19/h4-5,8-9,19H,2-3,6-7,10-11H2,1H3,(H3,16,17). The maximum Gasteiger partial charge on any atom is 0.341 e. The van der Waals surface area contributed by atoms with E-state index in [1.165, 1.54) is 12.1 Å². The largest absolute Gasteiger partial charge is 0.507 e. The molecule has 0 saturated carbocycles. The molecule has 0 aliphatic carbocycles. The predicted octanol–water partition coefficient (Wildman–Crippen LogP) is 1.93. The average molecular weight is 293 g/mol. The van der Waals surface area contributed by atoms with Gasteiger partial charge in [0.05, 0.1) is 6.61 Å². The van der Waals surface area contributed by atoms with Gasteiger partial charge in [-0.15, -0.1) is 0 Å². The molecule has 0 amide bonds. The minimum atomic E-state index is -0.496. The van der Waals surface area contributed by atoms with Crippen molar-refractivity contribution < 1.29 is 14.6 Å². The third-order valence-corrected chi connectivity index (χ3v) is 3.16. The van der Waals surface area contributed by atoms with Crippen LogP contribution in [0.25, 0.3) is 0 Å². The van der Waals surface area contributed by atoms with Crippen molar-refractivity contribution in [1.29, 1.82) is 5.41 Å². The minimum absolute atomic E-state index is 0.0604. The summed E-state index contributed by atoms with van der Waals surface area (Å²) in [5.74, 6) is -0.481. The summed E-state index contributed by atoms with van der Waals surface area (Å²) in [6.45, 7) is 1.10. The zero-order chi connectivity index (χ0) is 15.7. The number of unbranched alkanes of at least 4 members (excludes halogenated alkanes) is 3. The number of ether oxygens (including phenoxy) is 1. The lowest BCUT2D eigenvalue weighted by Crippen LogP contribution is -2.33. The zero-order valence-electron chi connectivity index (χ0n) is 12.3. The molecule has 6 nitrogen and oxygen atoms in total. The fraction of sp³-hybridized carbons (Fsp3) is 0.467. The molecule has 116 valence electrons. The fourth-order valence-corrected chi connectivity index (χ4v) is 1.81. The first-order chi connectivity index (χ1) is 10.0. The summed E-state index contributed by atoms with van der Waals surface area (Å²) in [5, 5.41) is 16.7. The second-order valence-electron chi connectivity index (χ2n) is 4.87. The Morgan fingerprint density at radius 1 is 1.29 bits per heavy atom. The van der Waals surface area contributed by atoms with Gasteiger partial charge in [-0.2, -0.15) is 0 Å². The number of phenolic OH excluding ortho intramolecular Hbond substituents is 1. The van der Waals surface area contributed by atoms with E-state index in [0.29, 0.717) is 6.61 Å². The smallest absolute Gasteiger partial charge is 0.341 e. The Balaban J connectivity index is 2.11. The lowest BCUT2D eigenvalue weighted by molar-refractivity contribution is 0.0494. The first-order valence-electron chi connectivity index (χ1n) is 7.02. The van der Waals surface area contributed by atoms with E-state index in [-0.39, 0.29) is 17.3 Å². The third-order valence-electron chi connectivity index (χ3n) is 3.16. The Morgan fingerprint density at radius 3 is 2.62 bits per heavy atom. The summed E-state index contributed by atoms with van der Waals surface area (Å²) >= 11 is 0. The molecule has 0 unspecified atom stereocenters. The van der Waals surface area contributed by atoms with Crippen LogP contribution in [0.5, 0.6) is 5.75 Å². The average Bonchev–Trinajstić information content (AvgIpc) is 2.46. The molecule has 1 rings (SSSR count). The zero-order valence-corrected chi connectivity index (χ0v) is 12.3. The van der Waals surface area contributed by atoms with Crippen molar-refractivity contribution in [3.8, 4) is 5.75 Å². The van der Waals surface area contributed by atoms with Gasteiger partial charge in [0.1, 0.15) is 11.3 Å². The number of benzene rings is 1. The minimum Gasteiger partial charge on any atom is -0.507 e. The van der Waals surface area contributed by atoms with Crippen LogP contribution < -0.4 is 5.73 Å². The molecular weight excluding hydrogens is 270 g/mol. The molecule has 0 aliphatic rings. The first kappa shape index (κ1) is 16.8. The van der Waals surface area contributed by atoms with Crippen LogP contribution in [0.1, 0.15) is 36.0 Å². The van der Waals surface area contributed by atoms with Gasteiger partial charge in [-0.05, 0) is 31.4 Å². The summed E-state index contributed by atoms with van der Waals surface area (Å²) in [5.41, 5.74) is 5.53. The second-order valence-corrected chi connectivity index (χ2v) is 4.87. The van der Waals surface area contributed by atoms with Crippen LogP contribution in [-0.4, -0.2) is 42.1 Å². The lowest BCUT2D eigenvalue weighted by atomic mass is 10.2. The molecule has 0 aromatic heterocycles. The molecule has 0 spiro atoms. The Labute approximate surface area is 125 Å². The topological polar surface area (TPSA) is 99.6 Å². The number of carbonyl (C=O) groups is 1. The van der Waals surface area contributed by atoms with Crippen LogP contribution >= 0.6 is 0 Å². The van der Waals surface area contributed by atoms with Gasteiger partial charge in [-0.3, -0.25) is 5.41 Å². The number of guanidine groups is 1. The van der Waals surface area contributed by atoms with Crippen LogP contribution in [0.4, 0.5) is 0 Å². The van der Waals surface area contributed by atoms with E-state index < -0.39 is 5.97 Å². The van der Waals surface area contributed by atoms with Crippen LogP contribution in [0.2, 0.25) is 0 Å². The van der Waals surface area contributed by atoms with E-state index in [2.05, 4.69) is 0 Å². The summed E-state index contributed by atoms with van der Waals surface area (Å²) in [4.78, 5) is 13.4. The van der Waals surface area contributed by atoms with Crippen molar-refractivity contribution in [2.75, 3.05) is 20.2 Å². The Hall–Kier alpha value is -2.24. The highest BCUT2D eigenvalue weighted by Gasteiger charge is 2.10. The van der Waals surface area contributed by atoms with Crippen molar-refractivity contribution in [1.82, 2.24) is 4.90 Å². The van der Waals surface area contributed by atoms with E-state index in [1.54, 1.807) is 24.1 Å². The van der Waals surface area contributed by atoms with Gasteiger partial charge in [-0.25, -0.2) is 4.79 Å². The maximum atomic E-state index is 11.7. The van der Waals surface area contributed by atoms with Crippen LogP contribution in [0.3, 0.4) is 0 Å². The molecule has 0 atom stereocenters. The molecule has 1 aromatic carbocycles. The normalized spacial score (nSPS) is 10.1. The number of phenols is 1. The van der Waals surface area contributed by atoms with Gasteiger partial charge in [-0.1, -0.05) is 18.6 Å². The predicted molar refractivity (Wildman–Crippen MR) is 81.4 cm³/mol. The van der Waals surface area contributed by atoms with Crippen LogP contribution in [0, 0.1) is 5.41 Å². The first-order valence-corrected chi connectivity index (χ1v) is 7.02. The van der Waals surface area contributed by atoms with Crippen LogP contribution in [-0.2, 0) is 4.74 Å². The summed E-state index contributed by atoms with van der Waals surface area (Å²) in [7, 11) is 1.79.